The van der Waals surface area contributed by atoms with E-state index in [2.05, 4.69) is 5.32 Å². The lowest BCUT2D eigenvalue weighted by atomic mass is 9.87. The van der Waals surface area contributed by atoms with Crippen LogP contribution in [0, 0.1) is 0 Å². The molecule has 7 heteroatoms. The molecule has 0 fully saturated rings. The number of likely N-dealkylation sites (N-methyl/N-ethyl adjacent to an activating group) is 1. The maximum absolute atomic E-state index is 13.7. The Hall–Kier alpha value is 0.290. The van der Waals surface area contributed by atoms with E-state index >= 15 is 0 Å². The number of aliphatic hydroxyl groups is 1. The fourth-order valence-corrected chi connectivity index (χ4v) is 4.40. The molecule has 2 N–H and O–H groups in total. The average Bonchev–Trinajstić information content (AvgIpc) is 2.90. The van der Waals surface area contributed by atoms with Crippen LogP contribution in [0.4, 0.5) is 4.39 Å². The van der Waals surface area contributed by atoms with E-state index in [1.165, 1.54) is 5.56 Å². The zero-order chi connectivity index (χ0) is 15.7. The van der Waals surface area contributed by atoms with Gasteiger partial charge in [-0.1, -0.05) is 53.9 Å². The molecule has 2 unspecified atom stereocenters. The van der Waals surface area contributed by atoms with Crippen LogP contribution in [0.25, 0.3) is 0 Å². The minimum absolute atomic E-state index is 0.426. The molecule has 0 spiro atoms. The molecule has 2 rings (SSSR count). The molecule has 0 aromatic heterocycles. The number of alkyl halides is 4. The molecule has 2 atom stereocenters. The van der Waals surface area contributed by atoms with Crippen LogP contribution in [0.3, 0.4) is 0 Å². The van der Waals surface area contributed by atoms with Gasteiger partial charge in [-0.2, -0.15) is 0 Å². The van der Waals surface area contributed by atoms with E-state index < -0.39 is 22.1 Å². The predicted octanol–water partition coefficient (Wildman–Crippen LogP) is 3.84. The Bertz CT molecular complexity index is 511. The molecule has 0 amide bonds. The number of fused-ring (bicyclic) bond motifs is 1. The number of benzene rings is 1. The van der Waals surface area contributed by atoms with Crippen molar-refractivity contribution in [2.45, 2.75) is 33.7 Å². The van der Waals surface area contributed by atoms with Crippen LogP contribution in [0.5, 0.6) is 0 Å². The van der Waals surface area contributed by atoms with Gasteiger partial charge in [0.15, 0.2) is 0 Å². The van der Waals surface area contributed by atoms with E-state index in [9.17, 15) is 9.50 Å². The highest BCUT2D eigenvalue weighted by molar-refractivity contribution is 7.99. The molecular formula is C14H17Cl3FNOS. The van der Waals surface area contributed by atoms with Crippen molar-refractivity contribution < 1.29 is 9.50 Å². The highest BCUT2D eigenvalue weighted by atomic mass is 35.6. The second kappa shape index (κ2) is 6.81. The Morgan fingerprint density at radius 3 is 2.71 bits per heavy atom. The summed E-state index contributed by atoms with van der Waals surface area (Å²) in [4.78, 5) is 1.05. The molecule has 1 aliphatic rings. The molecule has 2 nitrogen and oxygen atoms in total. The van der Waals surface area contributed by atoms with Crippen LogP contribution in [0.2, 0.25) is 0 Å². The summed E-state index contributed by atoms with van der Waals surface area (Å²) in [6, 6.07) is 4.37. The van der Waals surface area contributed by atoms with Crippen molar-refractivity contribution >= 4 is 46.6 Å². The molecule has 0 radical (unpaired) electrons. The fourth-order valence-electron chi connectivity index (χ4n) is 2.52. The molecule has 1 aromatic carbocycles. The van der Waals surface area contributed by atoms with Crippen molar-refractivity contribution in [1.82, 2.24) is 5.32 Å². The van der Waals surface area contributed by atoms with Gasteiger partial charge in [-0.05, 0) is 30.2 Å². The van der Waals surface area contributed by atoms with Crippen LogP contribution in [-0.4, -0.2) is 33.9 Å². The van der Waals surface area contributed by atoms with E-state index in [1.807, 2.05) is 6.07 Å². The molecule has 21 heavy (non-hydrogen) atoms. The van der Waals surface area contributed by atoms with Gasteiger partial charge in [0.25, 0.3) is 0 Å². The summed E-state index contributed by atoms with van der Waals surface area (Å²) in [7, 11) is 0. The number of nitrogens with one attached hydrogen (secondary N) is 1. The van der Waals surface area contributed by atoms with Crippen LogP contribution in [0.15, 0.2) is 23.1 Å². The minimum atomic E-state index is -1.89. The number of rotatable bonds is 5. The van der Waals surface area contributed by atoms with Crippen molar-refractivity contribution in [3.63, 3.8) is 0 Å². The van der Waals surface area contributed by atoms with Crippen LogP contribution >= 0.6 is 46.6 Å². The quantitative estimate of drug-likeness (QED) is 0.770. The first kappa shape index (κ1) is 17.6. The van der Waals surface area contributed by atoms with Gasteiger partial charge in [-0.3, -0.25) is 0 Å². The molecule has 0 saturated heterocycles. The normalized spacial score (nSPS) is 19.1. The smallest absolute Gasteiger partial charge is 0.208 e. The van der Waals surface area contributed by atoms with E-state index in [4.69, 9.17) is 34.8 Å². The first-order chi connectivity index (χ1) is 9.82. The van der Waals surface area contributed by atoms with E-state index in [-0.39, 0.29) is 0 Å². The molecule has 118 valence electrons. The Morgan fingerprint density at radius 2 is 2.14 bits per heavy atom. The third-order valence-electron chi connectivity index (χ3n) is 3.61. The van der Waals surface area contributed by atoms with Gasteiger partial charge in [0.05, 0.1) is 6.04 Å². The molecule has 1 heterocycles. The summed E-state index contributed by atoms with van der Waals surface area (Å²) in [6.45, 7) is 1.21. The topological polar surface area (TPSA) is 32.3 Å². The highest BCUT2D eigenvalue weighted by Gasteiger charge is 2.49. The van der Waals surface area contributed by atoms with Crippen LogP contribution in [0.1, 0.15) is 18.1 Å². The second-order valence-corrected chi connectivity index (χ2v) is 8.52. The molecule has 1 aromatic rings. The minimum Gasteiger partial charge on any atom is -0.381 e. The van der Waals surface area contributed by atoms with Gasteiger partial charge in [-0.15, -0.1) is 11.8 Å². The average molecular weight is 373 g/mol. The third kappa shape index (κ3) is 3.62. The first-order valence-electron chi connectivity index (χ1n) is 6.67. The van der Waals surface area contributed by atoms with Gasteiger partial charge in [0, 0.05) is 10.6 Å². The van der Waals surface area contributed by atoms with Gasteiger partial charge in [-0.25, -0.2) is 4.39 Å². The first-order valence-corrected chi connectivity index (χ1v) is 8.79. The Morgan fingerprint density at radius 1 is 1.43 bits per heavy atom. The van der Waals surface area contributed by atoms with Crippen molar-refractivity contribution in [2.24, 2.45) is 0 Å². The maximum Gasteiger partial charge on any atom is 0.208 e. The van der Waals surface area contributed by atoms with Crippen molar-refractivity contribution in [3.05, 3.63) is 29.3 Å². The van der Waals surface area contributed by atoms with Gasteiger partial charge in [0.2, 0.25) is 3.79 Å². The van der Waals surface area contributed by atoms with Gasteiger partial charge >= 0.3 is 0 Å². The fraction of sp³-hybridized carbons (Fsp3) is 0.571. The van der Waals surface area contributed by atoms with Gasteiger partial charge in [0.1, 0.15) is 12.3 Å². The summed E-state index contributed by atoms with van der Waals surface area (Å²) in [5, 5.41) is 13.7. The van der Waals surface area contributed by atoms with Crippen molar-refractivity contribution in [2.75, 3.05) is 19.0 Å². The van der Waals surface area contributed by atoms with Crippen molar-refractivity contribution in [3.8, 4) is 0 Å². The summed E-state index contributed by atoms with van der Waals surface area (Å²) in [6.07, 6.45) is 0.982. The molecule has 1 aliphatic heterocycles. The lowest BCUT2D eigenvalue weighted by Crippen LogP contribution is -2.57. The lowest BCUT2D eigenvalue weighted by molar-refractivity contribution is -0.0237. The number of hydrogen-bond acceptors (Lipinski definition) is 3. The number of thioether (sulfide) groups is 1. The van der Waals surface area contributed by atoms with Crippen LogP contribution in [-0.2, 0) is 12.0 Å². The van der Waals surface area contributed by atoms with E-state index in [0.29, 0.717) is 12.1 Å². The highest BCUT2D eigenvalue weighted by Crippen LogP contribution is 2.42. The number of halogens is 4. The van der Waals surface area contributed by atoms with E-state index in [0.717, 1.165) is 17.1 Å². The summed E-state index contributed by atoms with van der Waals surface area (Å²) in [5.41, 5.74) is -0.256. The monoisotopic (exact) mass is 371 g/mol. The summed E-state index contributed by atoms with van der Waals surface area (Å²) >= 11 is 19.5. The van der Waals surface area contributed by atoms with Crippen LogP contribution < -0.4 is 5.32 Å². The summed E-state index contributed by atoms with van der Waals surface area (Å²) < 4.78 is 11.9. The molecule has 0 saturated carbocycles. The lowest BCUT2D eigenvalue weighted by Gasteiger charge is -2.39. The van der Waals surface area contributed by atoms with Crippen molar-refractivity contribution in [1.29, 1.82) is 0 Å². The maximum atomic E-state index is 13.7. The zero-order valence-corrected chi connectivity index (χ0v) is 14.6. The largest absolute Gasteiger partial charge is 0.381 e. The third-order valence-corrected chi connectivity index (χ3v) is 5.37. The van der Waals surface area contributed by atoms with Gasteiger partial charge < -0.3 is 10.4 Å². The molecule has 0 bridgehead atoms. The second-order valence-electron chi connectivity index (χ2n) is 5.01. The Balaban J connectivity index is 2.43. The number of aryl methyl sites for hydroxylation is 1. The number of hydrogen-bond donors (Lipinski definition) is 2. The standard InChI is InChI=1S/C14H17Cl3FNOS/c1-2-19-12(14(15,16)17)13(20,8-18)10-4-3-9-5-6-21-11(9)7-10/h3-4,7,12,19-20H,2,5-6,8H2,1H3. The Labute approximate surface area is 143 Å². The molecule has 0 aliphatic carbocycles. The Kier molecular flexibility index (Phi) is 5.72. The summed E-state index contributed by atoms with van der Waals surface area (Å²) in [5.74, 6) is 0.994. The predicted molar refractivity (Wildman–Crippen MR) is 88.5 cm³/mol. The SMILES string of the molecule is CCNC(C(Cl)(Cl)Cl)C(O)(CF)c1ccc2c(c1)SCC2. The zero-order valence-electron chi connectivity index (χ0n) is 11.5. The molecular weight excluding hydrogens is 356 g/mol. The van der Waals surface area contributed by atoms with E-state index in [1.54, 1.807) is 30.8 Å².